The maximum Gasteiger partial charge on any atom is 0.412 e. The van der Waals surface area contributed by atoms with Crippen LogP contribution in [-0.4, -0.2) is 39.7 Å². The fraction of sp³-hybridized carbons (Fsp3) is 0.526. The number of aromatic amines is 1. The summed E-state index contributed by atoms with van der Waals surface area (Å²) >= 11 is 5.22. The molecular formula is C19H26N4O3S. The minimum atomic E-state index is -0.545. The predicted molar refractivity (Wildman–Crippen MR) is 106 cm³/mol. The van der Waals surface area contributed by atoms with Gasteiger partial charge in [0, 0.05) is 24.6 Å². The number of anilines is 1. The molecule has 0 spiro atoms. The van der Waals surface area contributed by atoms with Crippen LogP contribution in [-0.2, 0) is 28.4 Å². The third-order valence-corrected chi connectivity index (χ3v) is 4.93. The van der Waals surface area contributed by atoms with Crippen molar-refractivity contribution in [3.63, 3.8) is 0 Å². The van der Waals surface area contributed by atoms with Crippen molar-refractivity contribution in [3.05, 3.63) is 39.9 Å². The lowest BCUT2D eigenvalue weighted by Gasteiger charge is -2.42. The molecule has 2 heterocycles. The lowest BCUT2D eigenvalue weighted by molar-refractivity contribution is -0.0611. The Balaban J connectivity index is 1.86. The number of ether oxygens (including phenoxy) is 2. The highest BCUT2D eigenvalue weighted by Crippen LogP contribution is 2.37. The van der Waals surface area contributed by atoms with Gasteiger partial charge in [0.2, 0.25) is 0 Å². The Hall–Kier alpha value is -2.19. The van der Waals surface area contributed by atoms with E-state index in [9.17, 15) is 4.79 Å². The van der Waals surface area contributed by atoms with E-state index in [1.54, 1.807) is 0 Å². The number of aromatic nitrogens is 3. The third-order valence-electron chi connectivity index (χ3n) is 4.56. The molecule has 0 saturated carbocycles. The van der Waals surface area contributed by atoms with Gasteiger partial charge in [0.1, 0.15) is 11.4 Å². The molecule has 0 unspecified atom stereocenters. The van der Waals surface area contributed by atoms with Gasteiger partial charge in [-0.3, -0.25) is 10.4 Å². The zero-order chi connectivity index (χ0) is 19.8. The molecule has 0 atom stereocenters. The lowest BCUT2D eigenvalue weighted by Crippen LogP contribution is -2.49. The molecule has 1 aromatic heterocycles. The topological polar surface area (TPSA) is 81.2 Å². The SMILES string of the molecule is Cc1cc(NC(=O)OC(C)(C)C)cc(C2(Cc3n[nH]c(=S)n3C)COC2)c1. The summed E-state index contributed by atoms with van der Waals surface area (Å²) < 4.78 is 13.4. The maximum absolute atomic E-state index is 12.1. The number of benzene rings is 1. The van der Waals surface area contributed by atoms with Crippen molar-refractivity contribution in [3.8, 4) is 0 Å². The van der Waals surface area contributed by atoms with E-state index in [4.69, 9.17) is 21.7 Å². The van der Waals surface area contributed by atoms with E-state index in [1.165, 1.54) is 0 Å². The van der Waals surface area contributed by atoms with Crippen LogP contribution in [0.15, 0.2) is 18.2 Å². The van der Waals surface area contributed by atoms with Crippen molar-refractivity contribution in [2.75, 3.05) is 18.5 Å². The minimum absolute atomic E-state index is 0.189. The number of H-pyrrole nitrogens is 1. The molecule has 2 N–H and O–H groups in total. The number of nitrogens with zero attached hydrogens (tertiary/aromatic N) is 2. The first-order valence-corrected chi connectivity index (χ1v) is 9.29. The third kappa shape index (κ3) is 4.39. The van der Waals surface area contributed by atoms with E-state index < -0.39 is 11.7 Å². The summed E-state index contributed by atoms with van der Waals surface area (Å²) in [5.74, 6) is 0.881. The summed E-state index contributed by atoms with van der Waals surface area (Å²) in [4.78, 5) is 12.1. The van der Waals surface area contributed by atoms with Gasteiger partial charge in [-0.25, -0.2) is 4.79 Å². The largest absolute Gasteiger partial charge is 0.444 e. The molecule has 27 heavy (non-hydrogen) atoms. The van der Waals surface area contributed by atoms with Gasteiger partial charge >= 0.3 is 6.09 Å². The summed E-state index contributed by atoms with van der Waals surface area (Å²) in [5, 5.41) is 10.0. The molecule has 7 nitrogen and oxygen atoms in total. The van der Waals surface area contributed by atoms with E-state index in [2.05, 4.69) is 21.6 Å². The van der Waals surface area contributed by atoms with Crippen molar-refractivity contribution < 1.29 is 14.3 Å². The molecule has 1 aliphatic rings. The fourth-order valence-electron chi connectivity index (χ4n) is 3.14. The molecule has 3 rings (SSSR count). The molecule has 1 fully saturated rings. The van der Waals surface area contributed by atoms with Gasteiger partial charge in [-0.15, -0.1) is 0 Å². The predicted octanol–water partition coefficient (Wildman–Crippen LogP) is 3.64. The zero-order valence-corrected chi connectivity index (χ0v) is 17.2. The number of carbonyl (C=O) groups is 1. The molecule has 0 bridgehead atoms. The number of aryl methyl sites for hydroxylation is 1. The van der Waals surface area contributed by atoms with Gasteiger partial charge in [-0.2, -0.15) is 5.10 Å². The summed E-state index contributed by atoms with van der Waals surface area (Å²) in [6, 6.07) is 6.04. The Labute approximate surface area is 164 Å². The smallest absolute Gasteiger partial charge is 0.412 e. The Morgan fingerprint density at radius 1 is 1.41 bits per heavy atom. The molecule has 1 saturated heterocycles. The summed E-state index contributed by atoms with van der Waals surface area (Å²) in [7, 11) is 1.90. The minimum Gasteiger partial charge on any atom is -0.444 e. The summed E-state index contributed by atoms with van der Waals surface area (Å²) in [6.45, 7) is 8.72. The van der Waals surface area contributed by atoms with Crippen LogP contribution in [0.4, 0.5) is 10.5 Å². The zero-order valence-electron chi connectivity index (χ0n) is 16.4. The lowest BCUT2D eigenvalue weighted by atomic mass is 9.75. The number of rotatable bonds is 4. The average Bonchev–Trinajstić information content (AvgIpc) is 2.79. The van der Waals surface area contributed by atoms with Crippen molar-refractivity contribution in [2.24, 2.45) is 7.05 Å². The Bertz CT molecular complexity index is 906. The van der Waals surface area contributed by atoms with Crippen LogP contribution in [0.2, 0.25) is 0 Å². The first-order valence-electron chi connectivity index (χ1n) is 8.88. The Morgan fingerprint density at radius 2 is 2.11 bits per heavy atom. The highest BCUT2D eigenvalue weighted by molar-refractivity contribution is 7.71. The van der Waals surface area contributed by atoms with Crippen LogP contribution in [0.25, 0.3) is 0 Å². The van der Waals surface area contributed by atoms with Gasteiger partial charge in [0.25, 0.3) is 0 Å². The second kappa shape index (κ2) is 7.09. The molecule has 146 valence electrons. The quantitative estimate of drug-likeness (QED) is 0.779. The van der Waals surface area contributed by atoms with E-state index in [0.717, 1.165) is 17.0 Å². The molecule has 1 amide bonds. The highest BCUT2D eigenvalue weighted by atomic mass is 32.1. The molecule has 0 radical (unpaired) electrons. The Morgan fingerprint density at radius 3 is 2.63 bits per heavy atom. The van der Waals surface area contributed by atoms with Crippen molar-refractivity contribution in [1.82, 2.24) is 14.8 Å². The molecule has 2 aromatic rings. The number of hydrogen-bond acceptors (Lipinski definition) is 5. The standard InChI is InChI=1S/C19H26N4O3S/c1-12-6-13(8-14(7-12)20-17(24)26-18(2,3)4)19(10-25-11-19)9-15-21-22-16(27)23(15)5/h6-8H,9-11H2,1-5H3,(H,20,24)(H,22,27). The summed E-state index contributed by atoms with van der Waals surface area (Å²) in [5.41, 5.74) is 2.14. The maximum atomic E-state index is 12.1. The molecular weight excluding hydrogens is 364 g/mol. The highest BCUT2D eigenvalue weighted by Gasteiger charge is 2.42. The average molecular weight is 391 g/mol. The molecule has 1 aliphatic heterocycles. The van der Waals surface area contributed by atoms with Crippen molar-refractivity contribution in [2.45, 2.75) is 45.1 Å². The molecule has 8 heteroatoms. The van der Waals surface area contributed by atoms with Crippen molar-refractivity contribution >= 4 is 24.0 Å². The van der Waals surface area contributed by atoms with Gasteiger partial charge in [-0.05, 0) is 63.2 Å². The van der Waals surface area contributed by atoms with Gasteiger partial charge in [-0.1, -0.05) is 6.07 Å². The molecule has 1 aromatic carbocycles. The van der Waals surface area contributed by atoms with E-state index in [1.807, 2.05) is 51.4 Å². The Kier molecular flexibility index (Phi) is 5.14. The number of amides is 1. The molecule has 0 aliphatic carbocycles. The van der Waals surface area contributed by atoms with E-state index in [0.29, 0.717) is 30.1 Å². The van der Waals surface area contributed by atoms with Gasteiger partial charge in [0.15, 0.2) is 4.77 Å². The van der Waals surface area contributed by atoms with E-state index >= 15 is 0 Å². The van der Waals surface area contributed by atoms with Crippen LogP contribution in [0.1, 0.15) is 37.7 Å². The van der Waals surface area contributed by atoms with Gasteiger partial charge in [0.05, 0.1) is 13.2 Å². The number of carbonyl (C=O) groups excluding carboxylic acids is 1. The van der Waals surface area contributed by atoms with Crippen LogP contribution in [0.5, 0.6) is 0 Å². The monoisotopic (exact) mass is 390 g/mol. The first kappa shape index (κ1) is 19.6. The summed E-state index contributed by atoms with van der Waals surface area (Å²) in [6.07, 6.45) is 0.235. The van der Waals surface area contributed by atoms with Gasteiger partial charge < -0.3 is 14.0 Å². The first-order chi connectivity index (χ1) is 12.6. The van der Waals surface area contributed by atoms with Crippen LogP contribution < -0.4 is 5.32 Å². The number of hydrogen-bond donors (Lipinski definition) is 2. The second-order valence-corrected chi connectivity index (χ2v) is 8.56. The van der Waals surface area contributed by atoms with Crippen LogP contribution in [0, 0.1) is 11.7 Å². The van der Waals surface area contributed by atoms with Crippen LogP contribution in [0.3, 0.4) is 0 Å². The fourth-order valence-corrected chi connectivity index (χ4v) is 3.29. The van der Waals surface area contributed by atoms with Crippen molar-refractivity contribution in [1.29, 1.82) is 0 Å². The second-order valence-electron chi connectivity index (χ2n) is 8.17. The van der Waals surface area contributed by atoms with E-state index in [-0.39, 0.29) is 5.41 Å². The normalized spacial score (nSPS) is 15.9. The van der Waals surface area contributed by atoms with Crippen LogP contribution >= 0.6 is 12.2 Å². The number of nitrogens with one attached hydrogen (secondary N) is 2.